The van der Waals surface area contributed by atoms with Crippen LogP contribution in [0.1, 0.15) is 0 Å². The van der Waals surface area contributed by atoms with Gasteiger partial charge in [0, 0.05) is 11.9 Å². The third-order valence-corrected chi connectivity index (χ3v) is 2.48. The van der Waals surface area contributed by atoms with Gasteiger partial charge in [0.2, 0.25) is 0 Å². The minimum atomic E-state index is -2.42. The van der Waals surface area contributed by atoms with E-state index in [-0.39, 0.29) is 0 Å². The molecule has 0 bridgehead atoms. The number of alkyl halides is 3. The van der Waals surface area contributed by atoms with Gasteiger partial charge in [-0.25, -0.2) is 15.0 Å². The van der Waals surface area contributed by atoms with Crippen LogP contribution in [0.15, 0.2) is 12.7 Å². The Kier molecular flexibility index (Phi) is 2.85. The summed E-state index contributed by atoms with van der Waals surface area (Å²) in [4.78, 5) is 14.5. The van der Waals surface area contributed by atoms with E-state index < -0.39 is 3.92 Å². The van der Waals surface area contributed by atoms with E-state index >= 15 is 0 Å². The second kappa shape index (κ2) is 3.99. The maximum atomic E-state index is 12.8. The minimum Gasteiger partial charge on any atom is -0.340 e. The summed E-state index contributed by atoms with van der Waals surface area (Å²) in [5, 5.41) is 0. The molecule has 0 saturated carbocycles. The van der Waals surface area contributed by atoms with Gasteiger partial charge in [0.15, 0.2) is 11.5 Å². The molecule has 2 rings (SSSR count). The van der Waals surface area contributed by atoms with Crippen LogP contribution in [0.4, 0.5) is 10.2 Å². The number of anilines is 1. The van der Waals surface area contributed by atoms with Crippen molar-refractivity contribution < 1.29 is 4.39 Å². The molecular weight excluding hydrogens is 264 g/mol. The van der Waals surface area contributed by atoms with Crippen molar-refractivity contribution >= 4 is 52.1 Å². The zero-order valence-corrected chi connectivity index (χ0v) is 9.37. The number of aromatic amines is 1. The molecule has 2 aromatic heterocycles. The molecule has 9 heteroatoms. The molecule has 0 amide bonds. The Bertz CT molecular complexity index is 470. The lowest BCUT2D eigenvalue weighted by atomic mass is 10.5. The monoisotopic (exact) mass is 267 g/mol. The summed E-state index contributed by atoms with van der Waals surface area (Å²) in [6.45, 7) is 0. The van der Waals surface area contributed by atoms with Crippen molar-refractivity contribution in [3.63, 3.8) is 0 Å². The molecule has 0 aromatic carbocycles. The Balaban J connectivity index is 2.24. The number of hydrogen-bond acceptors (Lipinski definition) is 5. The topological polar surface area (TPSA) is 66.5 Å². The molecule has 2 heterocycles. The Morgan fingerprint density at radius 1 is 1.40 bits per heavy atom. The van der Waals surface area contributed by atoms with Gasteiger partial charge in [0.25, 0.3) is 0 Å². The highest BCUT2D eigenvalue weighted by Gasteiger charge is 2.24. The van der Waals surface area contributed by atoms with E-state index in [1.165, 1.54) is 12.7 Å². The molecule has 0 atom stereocenters. The van der Waals surface area contributed by atoms with Crippen molar-refractivity contribution in [2.24, 2.45) is 0 Å². The molecule has 5 nitrogen and oxygen atoms in total. The first kappa shape index (κ1) is 10.7. The fourth-order valence-electron chi connectivity index (χ4n) is 0.949. The van der Waals surface area contributed by atoms with E-state index in [0.717, 1.165) is 0 Å². The Morgan fingerprint density at radius 3 is 2.93 bits per heavy atom. The molecule has 0 radical (unpaired) electrons. The number of nitrogens with zero attached hydrogens (tertiary/aromatic N) is 3. The Morgan fingerprint density at radius 2 is 2.20 bits per heavy atom. The maximum absolute atomic E-state index is 12.8. The zero-order valence-electron chi connectivity index (χ0n) is 7.04. The predicted octanol–water partition coefficient (Wildman–Crippen LogP) is 2.47. The second-order valence-corrected chi connectivity index (χ2v) is 5.13. The van der Waals surface area contributed by atoms with Gasteiger partial charge >= 0.3 is 3.92 Å². The van der Waals surface area contributed by atoms with Crippen LogP contribution in [-0.2, 0) is 0 Å². The van der Waals surface area contributed by atoms with Crippen molar-refractivity contribution in [1.82, 2.24) is 19.9 Å². The summed E-state index contributed by atoms with van der Waals surface area (Å²) in [7, 11) is 0. The highest BCUT2D eigenvalue weighted by atomic mass is 35.5. The number of imidazole rings is 1. The van der Waals surface area contributed by atoms with E-state index in [0.29, 0.717) is 28.9 Å². The van der Waals surface area contributed by atoms with E-state index in [2.05, 4.69) is 24.7 Å². The van der Waals surface area contributed by atoms with Crippen LogP contribution in [-0.4, -0.2) is 23.9 Å². The molecule has 0 spiro atoms. The lowest BCUT2D eigenvalue weighted by molar-refractivity contribution is 0.516. The SMILES string of the molecule is FC(Cl)(Cl)SNc1ncnc2nc[nH]c12. The first-order valence-corrected chi connectivity index (χ1v) is 5.28. The average molecular weight is 268 g/mol. The van der Waals surface area contributed by atoms with Crippen molar-refractivity contribution in [3.05, 3.63) is 12.7 Å². The average Bonchev–Trinajstić information content (AvgIpc) is 2.61. The van der Waals surface area contributed by atoms with Gasteiger partial charge in [0.05, 0.1) is 6.33 Å². The molecule has 2 aromatic rings. The lowest BCUT2D eigenvalue weighted by Gasteiger charge is -2.09. The second-order valence-electron chi connectivity index (χ2n) is 2.47. The summed E-state index contributed by atoms with van der Waals surface area (Å²) >= 11 is 10.8. The number of nitrogens with one attached hydrogen (secondary N) is 2. The van der Waals surface area contributed by atoms with Crippen LogP contribution >= 0.6 is 35.1 Å². The van der Waals surface area contributed by atoms with Crippen LogP contribution in [0.25, 0.3) is 11.2 Å². The number of H-pyrrole nitrogens is 1. The van der Waals surface area contributed by atoms with Gasteiger partial charge in [-0.2, -0.15) is 4.39 Å². The quantitative estimate of drug-likeness (QED) is 0.661. The highest BCUT2D eigenvalue weighted by molar-refractivity contribution is 8.04. The largest absolute Gasteiger partial charge is 0.340 e. The number of halogens is 3. The lowest BCUT2D eigenvalue weighted by Crippen LogP contribution is -2.03. The Labute approximate surface area is 97.9 Å². The first-order valence-electron chi connectivity index (χ1n) is 3.71. The first-order chi connectivity index (χ1) is 7.06. The van der Waals surface area contributed by atoms with Gasteiger partial charge in [-0.1, -0.05) is 23.2 Å². The van der Waals surface area contributed by atoms with E-state index in [1.54, 1.807) is 0 Å². The number of rotatable bonds is 3. The van der Waals surface area contributed by atoms with Gasteiger partial charge in [-0.15, -0.1) is 0 Å². The summed E-state index contributed by atoms with van der Waals surface area (Å²) in [5.74, 6) is 0.367. The van der Waals surface area contributed by atoms with Crippen molar-refractivity contribution in [2.45, 2.75) is 3.92 Å². The third kappa shape index (κ3) is 2.61. The summed E-state index contributed by atoms with van der Waals surface area (Å²) in [5.41, 5.74) is 1.03. The van der Waals surface area contributed by atoms with Crippen LogP contribution in [0, 0.1) is 0 Å². The summed E-state index contributed by atoms with van der Waals surface area (Å²) in [6, 6.07) is 0. The fraction of sp³-hybridized carbons (Fsp3) is 0.167. The molecule has 0 saturated heterocycles. The minimum absolute atomic E-state index is 0.367. The molecule has 0 aliphatic carbocycles. The van der Waals surface area contributed by atoms with Gasteiger partial charge < -0.3 is 9.71 Å². The predicted molar refractivity (Wildman–Crippen MR) is 58.4 cm³/mol. The number of fused-ring (bicyclic) bond motifs is 1. The fourth-order valence-corrected chi connectivity index (χ4v) is 1.55. The maximum Gasteiger partial charge on any atom is 0.323 e. The number of aromatic nitrogens is 4. The summed E-state index contributed by atoms with van der Waals surface area (Å²) < 4.78 is 12.9. The standard InChI is InChI=1S/C6H4Cl2FN5S/c7-6(8,9)15-14-5-3-4(11-1-10-3)12-2-13-5/h1-2H,(H2,10,11,12,13,14). The third-order valence-electron chi connectivity index (χ3n) is 1.49. The van der Waals surface area contributed by atoms with Crippen LogP contribution < -0.4 is 4.72 Å². The smallest absolute Gasteiger partial charge is 0.323 e. The summed E-state index contributed by atoms with van der Waals surface area (Å²) in [6.07, 6.45) is 2.76. The van der Waals surface area contributed by atoms with Crippen LogP contribution in [0.5, 0.6) is 0 Å². The van der Waals surface area contributed by atoms with Crippen molar-refractivity contribution in [3.8, 4) is 0 Å². The molecule has 0 fully saturated rings. The molecule has 80 valence electrons. The van der Waals surface area contributed by atoms with E-state index in [1.807, 2.05) is 0 Å². The molecule has 0 unspecified atom stereocenters. The van der Waals surface area contributed by atoms with Crippen LogP contribution in [0.3, 0.4) is 0 Å². The molecule has 15 heavy (non-hydrogen) atoms. The van der Waals surface area contributed by atoms with E-state index in [4.69, 9.17) is 23.2 Å². The normalized spacial score (nSPS) is 11.9. The van der Waals surface area contributed by atoms with Crippen molar-refractivity contribution in [1.29, 1.82) is 0 Å². The molecule has 0 aliphatic heterocycles. The molecule has 0 aliphatic rings. The van der Waals surface area contributed by atoms with Crippen molar-refractivity contribution in [2.75, 3.05) is 4.72 Å². The molecular formula is C6H4Cl2FN5S. The van der Waals surface area contributed by atoms with E-state index in [9.17, 15) is 4.39 Å². The molecule has 2 N–H and O–H groups in total. The zero-order chi connectivity index (χ0) is 10.9. The van der Waals surface area contributed by atoms with Crippen LogP contribution in [0.2, 0.25) is 0 Å². The highest BCUT2D eigenvalue weighted by Crippen LogP contribution is 2.36. The van der Waals surface area contributed by atoms with Gasteiger partial charge in [-0.05, 0) is 0 Å². The van der Waals surface area contributed by atoms with Gasteiger partial charge in [-0.3, -0.25) is 0 Å². The Hall–Kier alpha value is -0.790. The number of hydrogen-bond donors (Lipinski definition) is 2. The van der Waals surface area contributed by atoms with Gasteiger partial charge in [0.1, 0.15) is 11.8 Å².